The molecule has 5 rings (SSSR count). The molecule has 1 saturated heterocycles. The van der Waals surface area contributed by atoms with Gasteiger partial charge in [-0.3, -0.25) is 9.58 Å². The Bertz CT molecular complexity index is 997. The Labute approximate surface area is 237 Å². The van der Waals surface area contributed by atoms with Gasteiger partial charge in [-0.25, -0.2) is 0 Å². The van der Waals surface area contributed by atoms with E-state index in [2.05, 4.69) is 62.3 Å². The van der Waals surface area contributed by atoms with Gasteiger partial charge >= 0.3 is 0 Å². The van der Waals surface area contributed by atoms with E-state index in [9.17, 15) is 0 Å². The number of benzene rings is 1. The fraction of sp³-hybridized carbons (Fsp3) is 0.767. The predicted molar refractivity (Wildman–Crippen MR) is 160 cm³/mol. The van der Waals surface area contributed by atoms with Crippen molar-refractivity contribution in [1.29, 1.82) is 0 Å². The number of methoxy groups -OCH3 is 2. The van der Waals surface area contributed by atoms with Crippen LogP contribution in [0.5, 0.6) is 5.75 Å². The van der Waals surface area contributed by atoms with Gasteiger partial charge in [-0.1, -0.05) is 22.6 Å². The maximum atomic E-state index is 5.78. The largest absolute Gasteiger partial charge is 0.496 e. The SMILES string of the molecule is COc1cc2nn(C3CCC(CN4CCN(C5CCC(OC)CCCC(I)C5)CC4)CC3)cc2cc1C. The number of fused-ring (bicyclic) bond motifs is 1. The third-order valence-electron chi connectivity index (χ3n) is 9.40. The fourth-order valence-corrected chi connectivity index (χ4v) is 8.08. The summed E-state index contributed by atoms with van der Waals surface area (Å²) >= 11 is 2.71. The number of piperazine rings is 1. The fourth-order valence-electron chi connectivity index (χ4n) is 7.05. The van der Waals surface area contributed by atoms with Crippen molar-refractivity contribution >= 4 is 33.5 Å². The zero-order chi connectivity index (χ0) is 25.8. The lowest BCUT2D eigenvalue weighted by molar-refractivity contribution is 0.0544. The number of aryl methyl sites for hydroxylation is 1. The normalized spacial score (nSPS) is 31.1. The van der Waals surface area contributed by atoms with E-state index in [1.807, 2.05) is 7.11 Å². The van der Waals surface area contributed by atoms with Crippen LogP contribution in [0.25, 0.3) is 10.9 Å². The van der Waals surface area contributed by atoms with Crippen LogP contribution in [0.15, 0.2) is 18.3 Å². The number of nitrogens with zero attached hydrogens (tertiary/aromatic N) is 4. The summed E-state index contributed by atoms with van der Waals surface area (Å²) in [7, 11) is 3.64. The van der Waals surface area contributed by atoms with Gasteiger partial charge in [0.25, 0.3) is 0 Å². The molecule has 206 valence electrons. The molecule has 2 heterocycles. The van der Waals surface area contributed by atoms with E-state index in [0.717, 1.165) is 27.2 Å². The number of alkyl halides is 1. The molecule has 2 aromatic rings. The molecular formula is C30H47IN4O2. The third kappa shape index (κ3) is 7.00. The number of rotatable bonds is 6. The summed E-state index contributed by atoms with van der Waals surface area (Å²) in [6, 6.07) is 5.56. The van der Waals surface area contributed by atoms with Crippen LogP contribution in [0, 0.1) is 12.8 Å². The lowest BCUT2D eigenvalue weighted by atomic mass is 9.85. The average Bonchev–Trinajstić information content (AvgIpc) is 3.35. The molecule has 37 heavy (non-hydrogen) atoms. The first-order chi connectivity index (χ1) is 18.0. The molecule has 1 aromatic carbocycles. The number of ether oxygens (including phenoxy) is 2. The Balaban J connectivity index is 1.08. The minimum absolute atomic E-state index is 0.465. The molecule has 0 radical (unpaired) electrons. The highest BCUT2D eigenvalue weighted by Gasteiger charge is 2.30. The van der Waals surface area contributed by atoms with Crippen molar-refractivity contribution in [3.05, 3.63) is 23.9 Å². The van der Waals surface area contributed by atoms with Gasteiger partial charge in [0.05, 0.1) is 24.8 Å². The molecule has 3 aliphatic rings. The van der Waals surface area contributed by atoms with Crippen LogP contribution in [-0.4, -0.2) is 82.6 Å². The number of hydrogen-bond acceptors (Lipinski definition) is 5. The number of aromatic nitrogens is 2. The Kier molecular flexibility index (Phi) is 9.69. The minimum Gasteiger partial charge on any atom is -0.496 e. The maximum absolute atomic E-state index is 5.78. The lowest BCUT2D eigenvalue weighted by Gasteiger charge is -2.41. The van der Waals surface area contributed by atoms with Crippen molar-refractivity contribution < 1.29 is 9.47 Å². The topological polar surface area (TPSA) is 42.8 Å². The van der Waals surface area contributed by atoms with E-state index in [1.54, 1.807) is 7.11 Å². The van der Waals surface area contributed by atoms with E-state index in [0.29, 0.717) is 12.1 Å². The van der Waals surface area contributed by atoms with Crippen molar-refractivity contribution in [2.24, 2.45) is 5.92 Å². The van der Waals surface area contributed by atoms with Crippen molar-refractivity contribution in [3.63, 3.8) is 0 Å². The van der Waals surface area contributed by atoms with Gasteiger partial charge < -0.3 is 14.4 Å². The van der Waals surface area contributed by atoms with Crippen LogP contribution in [0.2, 0.25) is 0 Å². The third-order valence-corrected chi connectivity index (χ3v) is 10.5. The molecule has 0 spiro atoms. The molecular weight excluding hydrogens is 575 g/mol. The van der Waals surface area contributed by atoms with E-state index in [-0.39, 0.29) is 0 Å². The van der Waals surface area contributed by atoms with Gasteiger partial charge in [0.15, 0.2) is 0 Å². The van der Waals surface area contributed by atoms with Crippen molar-refractivity contribution in [2.75, 3.05) is 46.9 Å². The number of halogens is 1. The second kappa shape index (κ2) is 13.0. The van der Waals surface area contributed by atoms with E-state index in [4.69, 9.17) is 14.6 Å². The standard InChI is InChI=1S/C30H47IN4O2/c1-22-17-24-21-35(32-29(24)19-30(22)37-3)26-9-7-23(8-10-26)20-33-13-15-34(16-14-33)27-11-12-28(36-2)6-4-5-25(31)18-27/h17,19,21,23,25-28H,4-16,18,20H2,1-3H3. The van der Waals surface area contributed by atoms with Crippen LogP contribution >= 0.6 is 22.6 Å². The maximum Gasteiger partial charge on any atom is 0.124 e. The van der Waals surface area contributed by atoms with E-state index in [1.165, 1.54) is 108 Å². The molecule has 0 N–H and O–H groups in total. The lowest BCUT2D eigenvalue weighted by Crippen LogP contribution is -2.51. The van der Waals surface area contributed by atoms with Crippen LogP contribution in [0.3, 0.4) is 0 Å². The van der Waals surface area contributed by atoms with E-state index >= 15 is 0 Å². The summed E-state index contributed by atoms with van der Waals surface area (Å²) in [4.78, 5) is 5.57. The summed E-state index contributed by atoms with van der Waals surface area (Å²) in [6.45, 7) is 8.34. The molecule has 0 bridgehead atoms. The first-order valence-corrected chi connectivity index (χ1v) is 15.9. The highest BCUT2D eigenvalue weighted by molar-refractivity contribution is 14.1. The zero-order valence-corrected chi connectivity index (χ0v) is 25.4. The monoisotopic (exact) mass is 622 g/mol. The molecule has 6 nitrogen and oxygen atoms in total. The molecule has 1 aliphatic heterocycles. The van der Waals surface area contributed by atoms with Gasteiger partial charge in [0.1, 0.15) is 5.75 Å². The molecule has 1 aromatic heterocycles. The van der Waals surface area contributed by atoms with Crippen LogP contribution < -0.4 is 4.74 Å². The summed E-state index contributed by atoms with van der Waals surface area (Å²) < 4.78 is 14.3. The zero-order valence-electron chi connectivity index (χ0n) is 23.2. The summed E-state index contributed by atoms with van der Waals surface area (Å²) in [5.41, 5.74) is 2.23. The van der Waals surface area contributed by atoms with Gasteiger partial charge in [-0.05, 0) is 88.7 Å². The van der Waals surface area contributed by atoms with E-state index < -0.39 is 0 Å². The van der Waals surface area contributed by atoms with Gasteiger partial charge in [-0.2, -0.15) is 5.10 Å². The molecule has 7 heteroatoms. The van der Waals surface area contributed by atoms with Crippen molar-refractivity contribution in [3.8, 4) is 5.75 Å². The van der Waals surface area contributed by atoms with Crippen LogP contribution in [0.1, 0.15) is 75.8 Å². The van der Waals surface area contributed by atoms with Crippen LogP contribution in [-0.2, 0) is 4.74 Å². The van der Waals surface area contributed by atoms with Crippen molar-refractivity contribution in [1.82, 2.24) is 19.6 Å². The second-order valence-corrected chi connectivity index (χ2v) is 13.6. The Morgan fingerprint density at radius 1 is 0.919 bits per heavy atom. The summed E-state index contributed by atoms with van der Waals surface area (Å²) in [5, 5.41) is 6.15. The Hall–Kier alpha value is -0.900. The quantitative estimate of drug-likeness (QED) is 0.282. The molecule has 3 atom stereocenters. The molecule has 2 saturated carbocycles. The van der Waals surface area contributed by atoms with Gasteiger partial charge in [0.2, 0.25) is 0 Å². The predicted octanol–water partition coefficient (Wildman–Crippen LogP) is 6.24. The first-order valence-electron chi connectivity index (χ1n) is 14.7. The first kappa shape index (κ1) is 27.7. The summed E-state index contributed by atoms with van der Waals surface area (Å²) in [6.07, 6.45) is 15.6. The highest BCUT2D eigenvalue weighted by atomic mass is 127. The molecule has 0 amide bonds. The highest BCUT2D eigenvalue weighted by Crippen LogP contribution is 2.34. The number of hydrogen-bond donors (Lipinski definition) is 0. The van der Waals surface area contributed by atoms with Crippen molar-refractivity contribution in [2.45, 2.75) is 93.2 Å². The van der Waals surface area contributed by atoms with Gasteiger partial charge in [-0.15, -0.1) is 0 Å². The minimum atomic E-state index is 0.465. The van der Waals surface area contributed by atoms with Gasteiger partial charge in [0, 0.05) is 67.4 Å². The second-order valence-electron chi connectivity index (χ2n) is 11.9. The Morgan fingerprint density at radius 2 is 1.68 bits per heavy atom. The molecule has 3 fully saturated rings. The smallest absolute Gasteiger partial charge is 0.124 e. The summed E-state index contributed by atoms with van der Waals surface area (Å²) in [5.74, 6) is 1.76. The Morgan fingerprint density at radius 3 is 2.41 bits per heavy atom. The van der Waals surface area contributed by atoms with Crippen LogP contribution in [0.4, 0.5) is 0 Å². The average molecular weight is 623 g/mol. The molecule has 2 aliphatic carbocycles. The molecule has 3 unspecified atom stereocenters.